The highest BCUT2D eigenvalue weighted by atomic mass is 35.5. The second kappa shape index (κ2) is 4.86. The normalized spacial score (nSPS) is 10.4. The summed E-state index contributed by atoms with van der Waals surface area (Å²) in [6, 6.07) is 8.72. The van der Waals surface area contributed by atoms with Gasteiger partial charge in [-0.15, -0.1) is 0 Å². The molecule has 0 radical (unpaired) electrons. The molecule has 0 fully saturated rings. The lowest BCUT2D eigenvalue weighted by Crippen LogP contribution is -1.99. The maximum absolute atomic E-state index is 13.4. The summed E-state index contributed by atoms with van der Waals surface area (Å²) in [5.41, 5.74) is 9.84. The Bertz CT molecular complexity index is 597. The van der Waals surface area contributed by atoms with Crippen molar-refractivity contribution >= 4 is 28.7 Å². The minimum atomic E-state index is -0.487. The summed E-state index contributed by atoms with van der Waals surface area (Å²) in [5.74, 6) is -0.487. The minimum absolute atomic E-state index is 0.0269. The van der Waals surface area contributed by atoms with Gasteiger partial charge in [-0.2, -0.15) is 0 Å². The van der Waals surface area contributed by atoms with Crippen LogP contribution in [0, 0.1) is 19.7 Å². The molecule has 4 heteroatoms. The highest BCUT2D eigenvalue weighted by Gasteiger charge is 2.07. The van der Waals surface area contributed by atoms with Gasteiger partial charge in [0.15, 0.2) is 0 Å². The summed E-state index contributed by atoms with van der Waals surface area (Å²) in [7, 11) is 0. The lowest BCUT2D eigenvalue weighted by molar-refractivity contribution is 0.629. The number of nitrogens with two attached hydrogens (primary N) is 1. The van der Waals surface area contributed by atoms with Crippen LogP contribution in [0.15, 0.2) is 30.3 Å². The number of nitrogens with one attached hydrogen (secondary N) is 1. The van der Waals surface area contributed by atoms with E-state index in [0.29, 0.717) is 11.4 Å². The third-order valence-corrected chi connectivity index (χ3v) is 3.04. The Hall–Kier alpha value is -1.74. The molecule has 0 spiro atoms. The van der Waals surface area contributed by atoms with Gasteiger partial charge in [-0.1, -0.05) is 23.7 Å². The van der Waals surface area contributed by atoms with Crippen LogP contribution in [0.2, 0.25) is 5.02 Å². The Morgan fingerprint density at radius 1 is 1.11 bits per heavy atom. The third-order valence-electron chi connectivity index (χ3n) is 2.75. The van der Waals surface area contributed by atoms with Crippen LogP contribution in [0.4, 0.5) is 21.5 Å². The Labute approximate surface area is 111 Å². The van der Waals surface area contributed by atoms with Crippen LogP contribution < -0.4 is 11.1 Å². The van der Waals surface area contributed by atoms with Gasteiger partial charge in [0.1, 0.15) is 5.82 Å². The second-order valence-corrected chi connectivity index (χ2v) is 4.70. The highest BCUT2D eigenvalue weighted by molar-refractivity contribution is 6.31. The van der Waals surface area contributed by atoms with Crippen molar-refractivity contribution in [3.05, 3.63) is 52.3 Å². The molecule has 0 amide bonds. The molecule has 2 nitrogen and oxygen atoms in total. The number of hydrogen-bond donors (Lipinski definition) is 2. The Kier molecular flexibility index (Phi) is 3.43. The number of nitrogen functional groups attached to an aromatic ring is 1. The van der Waals surface area contributed by atoms with Crippen LogP contribution >= 0.6 is 11.6 Å². The standard InChI is InChI=1S/C14H14ClFN2/c1-8-3-4-9(2)13(5-8)18-14-7-11(16)10(15)6-12(14)17/h3-7,18H,17H2,1-2H3. The van der Waals surface area contributed by atoms with Crippen LogP contribution in [-0.2, 0) is 0 Å². The quantitative estimate of drug-likeness (QED) is 0.788. The summed E-state index contributed by atoms with van der Waals surface area (Å²) < 4.78 is 13.4. The Morgan fingerprint density at radius 2 is 1.83 bits per heavy atom. The number of hydrogen-bond acceptors (Lipinski definition) is 2. The molecule has 2 aromatic carbocycles. The monoisotopic (exact) mass is 264 g/mol. The zero-order chi connectivity index (χ0) is 13.3. The van der Waals surface area contributed by atoms with E-state index in [4.69, 9.17) is 17.3 Å². The lowest BCUT2D eigenvalue weighted by Gasteiger charge is -2.13. The van der Waals surface area contributed by atoms with Gasteiger partial charge in [-0.25, -0.2) is 4.39 Å². The summed E-state index contributed by atoms with van der Waals surface area (Å²) in [4.78, 5) is 0. The molecule has 18 heavy (non-hydrogen) atoms. The van der Waals surface area contributed by atoms with Crippen molar-refractivity contribution in [2.24, 2.45) is 0 Å². The summed E-state index contributed by atoms with van der Waals surface area (Å²) in [6.07, 6.45) is 0. The maximum atomic E-state index is 13.4. The molecule has 0 aliphatic heterocycles. The first-order chi connectivity index (χ1) is 8.47. The van der Waals surface area contributed by atoms with Crippen molar-refractivity contribution in [1.29, 1.82) is 0 Å². The number of rotatable bonds is 2. The van der Waals surface area contributed by atoms with Crippen LogP contribution in [0.25, 0.3) is 0 Å². The van der Waals surface area contributed by atoms with E-state index in [-0.39, 0.29) is 5.02 Å². The van der Waals surface area contributed by atoms with Gasteiger partial charge >= 0.3 is 0 Å². The fourth-order valence-electron chi connectivity index (χ4n) is 1.69. The number of benzene rings is 2. The molecule has 3 N–H and O–H groups in total. The summed E-state index contributed by atoms with van der Waals surface area (Å²) in [5, 5.41) is 3.15. The average molecular weight is 265 g/mol. The molecule has 0 aliphatic rings. The van der Waals surface area contributed by atoms with Gasteiger partial charge in [0.25, 0.3) is 0 Å². The Balaban J connectivity index is 2.40. The van der Waals surface area contributed by atoms with Crippen molar-refractivity contribution < 1.29 is 4.39 Å². The van der Waals surface area contributed by atoms with Crippen LogP contribution in [0.1, 0.15) is 11.1 Å². The topological polar surface area (TPSA) is 38.0 Å². The molecular formula is C14H14ClFN2. The SMILES string of the molecule is Cc1ccc(C)c(Nc2cc(F)c(Cl)cc2N)c1. The second-order valence-electron chi connectivity index (χ2n) is 4.30. The van der Waals surface area contributed by atoms with Crippen molar-refractivity contribution in [1.82, 2.24) is 0 Å². The van der Waals surface area contributed by atoms with Crippen molar-refractivity contribution in [3.63, 3.8) is 0 Å². The van der Waals surface area contributed by atoms with Gasteiger partial charge in [0.05, 0.1) is 16.4 Å². The summed E-state index contributed by atoms with van der Waals surface area (Å²) in [6.45, 7) is 3.97. The molecule has 2 aromatic rings. The van der Waals surface area contributed by atoms with Crippen LogP contribution in [0.3, 0.4) is 0 Å². The van der Waals surface area contributed by atoms with E-state index in [1.165, 1.54) is 12.1 Å². The molecule has 0 aliphatic carbocycles. The number of aryl methyl sites for hydroxylation is 2. The molecular weight excluding hydrogens is 251 g/mol. The first-order valence-electron chi connectivity index (χ1n) is 5.56. The van der Waals surface area contributed by atoms with E-state index < -0.39 is 5.82 Å². The van der Waals surface area contributed by atoms with Gasteiger partial charge in [-0.3, -0.25) is 0 Å². The van der Waals surface area contributed by atoms with E-state index in [2.05, 4.69) is 5.32 Å². The van der Waals surface area contributed by atoms with Crippen LogP contribution in [0.5, 0.6) is 0 Å². The number of halogens is 2. The predicted molar refractivity (Wildman–Crippen MR) is 75.0 cm³/mol. The summed E-state index contributed by atoms with van der Waals surface area (Å²) >= 11 is 5.66. The van der Waals surface area contributed by atoms with E-state index in [1.54, 1.807) is 0 Å². The molecule has 0 heterocycles. The largest absolute Gasteiger partial charge is 0.397 e. The first-order valence-corrected chi connectivity index (χ1v) is 5.94. The van der Waals surface area contributed by atoms with E-state index >= 15 is 0 Å². The molecule has 0 saturated carbocycles. The zero-order valence-electron chi connectivity index (χ0n) is 10.2. The zero-order valence-corrected chi connectivity index (χ0v) is 11.0. The van der Waals surface area contributed by atoms with Gasteiger partial charge in [0.2, 0.25) is 0 Å². The molecule has 0 aromatic heterocycles. The van der Waals surface area contributed by atoms with Gasteiger partial charge in [-0.05, 0) is 37.1 Å². The average Bonchev–Trinajstić information content (AvgIpc) is 2.30. The number of anilines is 3. The molecule has 0 bridgehead atoms. The maximum Gasteiger partial charge on any atom is 0.144 e. The Morgan fingerprint density at radius 3 is 2.56 bits per heavy atom. The molecule has 0 unspecified atom stereocenters. The van der Waals surface area contributed by atoms with Gasteiger partial charge in [0, 0.05) is 11.8 Å². The van der Waals surface area contributed by atoms with E-state index in [9.17, 15) is 4.39 Å². The van der Waals surface area contributed by atoms with Crippen LogP contribution in [-0.4, -0.2) is 0 Å². The van der Waals surface area contributed by atoms with E-state index in [0.717, 1.165) is 16.8 Å². The lowest BCUT2D eigenvalue weighted by atomic mass is 10.1. The first kappa shape index (κ1) is 12.7. The smallest absolute Gasteiger partial charge is 0.144 e. The molecule has 0 saturated heterocycles. The molecule has 0 atom stereocenters. The van der Waals surface area contributed by atoms with Crippen molar-refractivity contribution in [2.45, 2.75) is 13.8 Å². The fraction of sp³-hybridized carbons (Fsp3) is 0.143. The highest BCUT2D eigenvalue weighted by Crippen LogP contribution is 2.30. The fourth-order valence-corrected chi connectivity index (χ4v) is 1.86. The van der Waals surface area contributed by atoms with Gasteiger partial charge < -0.3 is 11.1 Å². The van der Waals surface area contributed by atoms with Crippen molar-refractivity contribution in [3.8, 4) is 0 Å². The predicted octanol–water partition coefficient (Wildman–Crippen LogP) is 4.42. The molecule has 94 valence electrons. The molecule has 2 rings (SSSR count). The van der Waals surface area contributed by atoms with E-state index in [1.807, 2.05) is 32.0 Å². The van der Waals surface area contributed by atoms with Crippen molar-refractivity contribution in [2.75, 3.05) is 11.1 Å². The minimum Gasteiger partial charge on any atom is -0.397 e. The third kappa shape index (κ3) is 2.57.